The van der Waals surface area contributed by atoms with E-state index >= 15 is 0 Å². The van der Waals surface area contributed by atoms with Gasteiger partial charge in [-0.2, -0.15) is 0 Å². The molecule has 0 aliphatic carbocycles. The quantitative estimate of drug-likeness (QED) is 0.428. The number of benzene rings is 3. The minimum absolute atomic E-state index is 0.0557. The number of hydrogen-bond acceptors (Lipinski definition) is 4. The first-order valence-corrected chi connectivity index (χ1v) is 12.1. The third kappa shape index (κ3) is 4.57. The van der Waals surface area contributed by atoms with Gasteiger partial charge in [-0.3, -0.25) is 9.36 Å². The molecule has 1 heterocycles. The van der Waals surface area contributed by atoms with Crippen LogP contribution in [0.5, 0.6) is 0 Å². The molecule has 0 radical (unpaired) electrons. The van der Waals surface area contributed by atoms with Gasteiger partial charge < -0.3 is 0 Å². The maximum atomic E-state index is 13.1. The lowest BCUT2D eigenvalue weighted by molar-refractivity contribution is 0.566. The summed E-state index contributed by atoms with van der Waals surface area (Å²) in [6.07, 6.45) is 0. The van der Waals surface area contributed by atoms with Crippen molar-refractivity contribution in [2.24, 2.45) is 0 Å². The van der Waals surface area contributed by atoms with Crippen molar-refractivity contribution in [3.63, 3.8) is 0 Å². The number of rotatable bonds is 6. The summed E-state index contributed by atoms with van der Waals surface area (Å²) >= 11 is 7.20. The van der Waals surface area contributed by atoms with E-state index in [0.29, 0.717) is 27.3 Å². The SMILES string of the molecule is CC(NS(=O)(=O)c1ccc2c(c1)sc(=O)n2Cc1ccccc1Cl)c1ccc(F)cc1. The Morgan fingerprint density at radius 3 is 2.52 bits per heavy atom. The normalized spacial score (nSPS) is 12.9. The van der Waals surface area contributed by atoms with Crippen LogP contribution in [0.3, 0.4) is 0 Å². The second-order valence-electron chi connectivity index (χ2n) is 7.07. The van der Waals surface area contributed by atoms with Gasteiger partial charge in [-0.05, 0) is 54.4 Å². The Bertz CT molecular complexity index is 1410. The summed E-state index contributed by atoms with van der Waals surface area (Å²) in [5.41, 5.74) is 2.08. The molecule has 0 fully saturated rings. The second kappa shape index (κ2) is 8.55. The maximum absolute atomic E-state index is 13.1. The number of aromatic nitrogens is 1. The van der Waals surface area contributed by atoms with Crippen LogP contribution in [0.2, 0.25) is 5.02 Å². The number of sulfonamides is 1. The lowest BCUT2D eigenvalue weighted by atomic mass is 10.1. The van der Waals surface area contributed by atoms with Gasteiger partial charge in [0.25, 0.3) is 0 Å². The van der Waals surface area contributed by atoms with E-state index in [9.17, 15) is 17.6 Å². The molecule has 1 N–H and O–H groups in total. The molecule has 5 nitrogen and oxygen atoms in total. The maximum Gasteiger partial charge on any atom is 0.308 e. The molecule has 0 saturated heterocycles. The van der Waals surface area contributed by atoms with Gasteiger partial charge in [0.2, 0.25) is 10.0 Å². The van der Waals surface area contributed by atoms with Gasteiger partial charge >= 0.3 is 4.87 Å². The van der Waals surface area contributed by atoms with Crippen molar-refractivity contribution < 1.29 is 12.8 Å². The Kier molecular flexibility index (Phi) is 5.98. The van der Waals surface area contributed by atoms with Gasteiger partial charge in [0.05, 0.1) is 21.7 Å². The predicted octanol–water partition coefficient (Wildman–Crippen LogP) is 4.94. The van der Waals surface area contributed by atoms with Crippen LogP contribution >= 0.6 is 22.9 Å². The van der Waals surface area contributed by atoms with Crippen LogP contribution in [0.25, 0.3) is 10.2 Å². The van der Waals surface area contributed by atoms with E-state index in [-0.39, 0.29) is 15.6 Å². The molecule has 0 spiro atoms. The van der Waals surface area contributed by atoms with E-state index < -0.39 is 16.1 Å². The molecule has 4 rings (SSSR count). The molecular weight excluding hydrogens is 459 g/mol. The van der Waals surface area contributed by atoms with Crippen molar-refractivity contribution in [1.29, 1.82) is 0 Å². The highest BCUT2D eigenvalue weighted by atomic mass is 35.5. The summed E-state index contributed by atoms with van der Waals surface area (Å²) in [4.78, 5) is 12.4. The molecule has 9 heteroatoms. The Morgan fingerprint density at radius 1 is 1.10 bits per heavy atom. The van der Waals surface area contributed by atoms with Gasteiger partial charge in [-0.15, -0.1) is 0 Å². The molecule has 3 aromatic carbocycles. The molecule has 1 aromatic heterocycles. The highest BCUT2D eigenvalue weighted by Gasteiger charge is 2.20. The minimum atomic E-state index is -3.85. The van der Waals surface area contributed by atoms with Crippen molar-refractivity contribution in [1.82, 2.24) is 9.29 Å². The fraction of sp³-hybridized carbons (Fsp3) is 0.136. The predicted molar refractivity (Wildman–Crippen MR) is 122 cm³/mol. The van der Waals surface area contributed by atoms with E-state index in [1.54, 1.807) is 23.6 Å². The highest BCUT2D eigenvalue weighted by Crippen LogP contribution is 2.25. The fourth-order valence-electron chi connectivity index (χ4n) is 3.28. The van der Waals surface area contributed by atoms with Gasteiger partial charge in [0.15, 0.2) is 0 Å². The van der Waals surface area contributed by atoms with Crippen molar-refractivity contribution in [3.8, 4) is 0 Å². The fourth-order valence-corrected chi connectivity index (χ4v) is 5.74. The summed E-state index contributed by atoms with van der Waals surface area (Å²) in [6, 6.07) is 16.9. The Hall–Kier alpha value is -2.52. The molecule has 0 bridgehead atoms. The average Bonchev–Trinajstić information content (AvgIpc) is 3.04. The zero-order chi connectivity index (χ0) is 22.2. The summed E-state index contributed by atoms with van der Waals surface area (Å²) < 4.78 is 43.6. The third-order valence-electron chi connectivity index (χ3n) is 4.94. The number of thiazole rings is 1. The van der Waals surface area contributed by atoms with E-state index in [2.05, 4.69) is 4.72 Å². The molecule has 0 saturated carbocycles. The standard InChI is InChI=1S/C22H18ClFN2O3S2/c1-14(15-6-8-17(24)9-7-15)25-31(28,29)18-10-11-20-21(12-18)30-22(27)26(20)13-16-4-2-3-5-19(16)23/h2-12,14,25H,13H2,1H3. The van der Waals surface area contributed by atoms with E-state index in [4.69, 9.17) is 11.6 Å². The lowest BCUT2D eigenvalue weighted by Gasteiger charge is -2.15. The summed E-state index contributed by atoms with van der Waals surface area (Å²) in [7, 11) is -3.85. The molecule has 1 atom stereocenters. The van der Waals surface area contributed by atoms with Crippen LogP contribution in [0.15, 0.2) is 76.4 Å². The van der Waals surface area contributed by atoms with Gasteiger partial charge in [0.1, 0.15) is 5.82 Å². The van der Waals surface area contributed by atoms with E-state index in [0.717, 1.165) is 16.9 Å². The van der Waals surface area contributed by atoms with Crippen molar-refractivity contribution in [3.05, 3.63) is 98.4 Å². The summed E-state index contributed by atoms with van der Waals surface area (Å²) in [5, 5.41) is 0.562. The summed E-state index contributed by atoms with van der Waals surface area (Å²) in [6.45, 7) is 1.98. The summed E-state index contributed by atoms with van der Waals surface area (Å²) in [5.74, 6) is -0.388. The molecule has 4 aromatic rings. The molecule has 0 aliphatic heterocycles. The van der Waals surface area contributed by atoms with Crippen LogP contribution in [-0.4, -0.2) is 13.0 Å². The Labute approximate surface area is 187 Å². The molecule has 160 valence electrons. The molecule has 31 heavy (non-hydrogen) atoms. The third-order valence-corrected chi connectivity index (χ3v) is 7.79. The number of hydrogen-bond donors (Lipinski definition) is 1. The molecular formula is C22H18ClFN2O3S2. The average molecular weight is 477 g/mol. The van der Waals surface area contributed by atoms with Crippen LogP contribution in [0.4, 0.5) is 4.39 Å². The monoisotopic (exact) mass is 476 g/mol. The minimum Gasteiger partial charge on any atom is -0.294 e. The zero-order valence-corrected chi connectivity index (χ0v) is 18.8. The first kappa shape index (κ1) is 21.7. The highest BCUT2D eigenvalue weighted by molar-refractivity contribution is 7.89. The van der Waals surface area contributed by atoms with Crippen LogP contribution in [-0.2, 0) is 16.6 Å². The molecule has 0 aliphatic rings. The molecule has 0 amide bonds. The first-order chi connectivity index (χ1) is 14.7. The van der Waals surface area contributed by atoms with Crippen LogP contribution < -0.4 is 9.60 Å². The van der Waals surface area contributed by atoms with E-state index in [1.807, 2.05) is 18.2 Å². The second-order valence-corrected chi connectivity index (χ2v) is 10.2. The topological polar surface area (TPSA) is 68.2 Å². The zero-order valence-electron chi connectivity index (χ0n) is 16.4. The van der Waals surface area contributed by atoms with Crippen molar-refractivity contribution in [2.75, 3.05) is 0 Å². The first-order valence-electron chi connectivity index (χ1n) is 9.39. The number of nitrogens with one attached hydrogen (secondary N) is 1. The van der Waals surface area contributed by atoms with E-state index in [1.165, 1.54) is 36.4 Å². The smallest absolute Gasteiger partial charge is 0.294 e. The lowest BCUT2D eigenvalue weighted by Crippen LogP contribution is -2.26. The largest absolute Gasteiger partial charge is 0.308 e. The Balaban J connectivity index is 1.64. The van der Waals surface area contributed by atoms with Gasteiger partial charge in [-0.1, -0.05) is 53.3 Å². The van der Waals surface area contributed by atoms with Gasteiger partial charge in [0, 0.05) is 11.1 Å². The molecule has 1 unspecified atom stereocenters. The number of fused-ring (bicyclic) bond motifs is 1. The van der Waals surface area contributed by atoms with Crippen molar-refractivity contribution >= 4 is 43.2 Å². The van der Waals surface area contributed by atoms with Gasteiger partial charge in [-0.25, -0.2) is 17.5 Å². The Morgan fingerprint density at radius 2 is 1.81 bits per heavy atom. The number of nitrogens with zero attached hydrogens (tertiary/aromatic N) is 1. The van der Waals surface area contributed by atoms with Crippen molar-refractivity contribution in [2.45, 2.75) is 24.4 Å². The van der Waals surface area contributed by atoms with Crippen LogP contribution in [0, 0.1) is 5.82 Å². The number of halogens is 2. The van der Waals surface area contributed by atoms with Crippen LogP contribution in [0.1, 0.15) is 24.1 Å².